The third kappa shape index (κ3) is 2.77. The zero-order valence-electron chi connectivity index (χ0n) is 10.6. The van der Waals surface area contributed by atoms with Gasteiger partial charge in [-0.15, -0.1) is 0 Å². The van der Waals surface area contributed by atoms with E-state index >= 15 is 0 Å². The number of hydrogen-bond donors (Lipinski definition) is 1. The number of carboxylic acid groups (broad SMARTS) is 1. The van der Waals surface area contributed by atoms with Gasteiger partial charge in [0, 0.05) is 6.54 Å². The van der Waals surface area contributed by atoms with Crippen LogP contribution >= 0.6 is 0 Å². The van der Waals surface area contributed by atoms with Gasteiger partial charge in [0.2, 0.25) is 0 Å². The first kappa shape index (κ1) is 12.4. The molecule has 2 aromatic rings. The van der Waals surface area contributed by atoms with Gasteiger partial charge in [-0.2, -0.15) is 0 Å². The number of aliphatic carboxylic acids is 1. The first-order chi connectivity index (χ1) is 8.56. The molecule has 0 aliphatic carbocycles. The van der Waals surface area contributed by atoms with Crippen LogP contribution in [-0.2, 0) is 17.8 Å². The van der Waals surface area contributed by atoms with Gasteiger partial charge in [-0.1, -0.05) is 29.8 Å². The second-order valence-electron chi connectivity index (χ2n) is 4.46. The van der Waals surface area contributed by atoms with Crippen LogP contribution in [0.2, 0.25) is 0 Å². The Kier molecular flexibility index (Phi) is 3.46. The lowest BCUT2D eigenvalue weighted by Crippen LogP contribution is -2.09. The van der Waals surface area contributed by atoms with Gasteiger partial charge in [-0.25, -0.2) is 4.98 Å². The molecule has 4 heteroatoms. The van der Waals surface area contributed by atoms with Crippen LogP contribution in [0, 0.1) is 13.8 Å². The minimum Gasteiger partial charge on any atom is -0.481 e. The molecule has 0 atom stereocenters. The predicted octanol–water partition coefficient (Wildman–Crippen LogP) is 2.18. The van der Waals surface area contributed by atoms with Crippen molar-refractivity contribution in [2.24, 2.45) is 0 Å². The van der Waals surface area contributed by atoms with Crippen molar-refractivity contribution in [1.29, 1.82) is 0 Å². The summed E-state index contributed by atoms with van der Waals surface area (Å²) in [6.45, 7) is 4.54. The number of benzene rings is 1. The highest BCUT2D eigenvalue weighted by Crippen LogP contribution is 2.11. The molecule has 0 saturated carbocycles. The van der Waals surface area contributed by atoms with Crippen LogP contribution in [0.1, 0.15) is 22.5 Å². The Hall–Kier alpha value is -2.10. The molecule has 0 saturated heterocycles. The summed E-state index contributed by atoms with van der Waals surface area (Å²) < 4.78 is 1.90. The van der Waals surface area contributed by atoms with Gasteiger partial charge in [0.05, 0.1) is 24.1 Å². The number of imidazole rings is 1. The zero-order valence-corrected chi connectivity index (χ0v) is 10.6. The van der Waals surface area contributed by atoms with E-state index in [1.807, 2.05) is 18.4 Å². The number of nitrogens with zero attached hydrogens (tertiary/aromatic N) is 2. The van der Waals surface area contributed by atoms with E-state index in [-0.39, 0.29) is 6.42 Å². The summed E-state index contributed by atoms with van der Waals surface area (Å²) in [6, 6.07) is 8.20. The van der Waals surface area contributed by atoms with Crippen LogP contribution < -0.4 is 0 Å². The van der Waals surface area contributed by atoms with Crippen molar-refractivity contribution in [2.75, 3.05) is 0 Å². The monoisotopic (exact) mass is 244 g/mol. The lowest BCUT2D eigenvalue weighted by Gasteiger charge is -2.08. The van der Waals surface area contributed by atoms with Gasteiger partial charge >= 0.3 is 5.97 Å². The fourth-order valence-electron chi connectivity index (χ4n) is 1.91. The number of aryl methyl sites for hydroxylation is 2. The molecule has 0 amide bonds. The SMILES string of the molecule is Cc1ccc(Cn2cnc(C)c2CC(=O)O)cc1. The first-order valence-corrected chi connectivity index (χ1v) is 5.84. The minimum atomic E-state index is -0.830. The summed E-state index contributed by atoms with van der Waals surface area (Å²) in [5.74, 6) is -0.830. The maximum atomic E-state index is 10.8. The number of aromatic nitrogens is 2. The average Bonchev–Trinajstić information content (AvgIpc) is 2.64. The molecule has 0 aliphatic heterocycles. The predicted molar refractivity (Wildman–Crippen MR) is 68.6 cm³/mol. The van der Waals surface area contributed by atoms with Gasteiger partial charge in [-0.05, 0) is 19.4 Å². The smallest absolute Gasteiger partial charge is 0.309 e. The Bertz CT molecular complexity index is 556. The van der Waals surface area contributed by atoms with Crippen molar-refractivity contribution >= 4 is 5.97 Å². The van der Waals surface area contributed by atoms with Crippen molar-refractivity contribution < 1.29 is 9.90 Å². The van der Waals surface area contributed by atoms with Gasteiger partial charge < -0.3 is 9.67 Å². The van der Waals surface area contributed by atoms with Gasteiger partial charge in [-0.3, -0.25) is 4.79 Å². The second kappa shape index (κ2) is 5.04. The minimum absolute atomic E-state index is 0.0116. The van der Waals surface area contributed by atoms with Gasteiger partial charge in [0.1, 0.15) is 0 Å². The molecule has 18 heavy (non-hydrogen) atoms. The van der Waals surface area contributed by atoms with E-state index in [0.717, 1.165) is 17.0 Å². The Balaban J connectivity index is 2.23. The normalized spacial score (nSPS) is 10.6. The van der Waals surface area contributed by atoms with Gasteiger partial charge in [0.15, 0.2) is 0 Å². The van der Waals surface area contributed by atoms with Crippen LogP contribution in [0.4, 0.5) is 0 Å². The Morgan fingerprint density at radius 1 is 1.28 bits per heavy atom. The molecular formula is C14H16N2O2. The maximum Gasteiger partial charge on any atom is 0.309 e. The third-order valence-electron chi connectivity index (χ3n) is 2.95. The highest BCUT2D eigenvalue weighted by Gasteiger charge is 2.11. The van der Waals surface area contributed by atoms with Crippen LogP contribution in [-0.4, -0.2) is 20.6 Å². The molecule has 4 nitrogen and oxygen atoms in total. The van der Waals surface area contributed by atoms with Crippen LogP contribution in [0.3, 0.4) is 0 Å². The highest BCUT2D eigenvalue weighted by molar-refractivity contribution is 5.69. The average molecular weight is 244 g/mol. The summed E-state index contributed by atoms with van der Waals surface area (Å²) in [5.41, 5.74) is 3.91. The Morgan fingerprint density at radius 3 is 2.56 bits per heavy atom. The summed E-state index contributed by atoms with van der Waals surface area (Å²) in [7, 11) is 0. The molecule has 1 aromatic carbocycles. The molecule has 1 aromatic heterocycles. The molecule has 0 radical (unpaired) electrons. The fourth-order valence-corrected chi connectivity index (χ4v) is 1.91. The van der Waals surface area contributed by atoms with Crippen molar-refractivity contribution in [3.8, 4) is 0 Å². The van der Waals surface area contributed by atoms with Crippen molar-refractivity contribution in [1.82, 2.24) is 9.55 Å². The first-order valence-electron chi connectivity index (χ1n) is 5.84. The summed E-state index contributed by atoms with van der Waals surface area (Å²) in [5, 5.41) is 8.90. The van der Waals surface area contributed by atoms with E-state index in [0.29, 0.717) is 6.54 Å². The Labute approximate surface area is 106 Å². The summed E-state index contributed by atoms with van der Waals surface area (Å²) in [4.78, 5) is 15.0. The van der Waals surface area contributed by atoms with Crippen molar-refractivity contribution in [3.05, 3.63) is 53.1 Å². The molecule has 0 spiro atoms. The standard InChI is InChI=1S/C14H16N2O2/c1-10-3-5-12(6-4-10)8-16-9-15-11(2)13(16)7-14(17)18/h3-6,9H,7-8H2,1-2H3,(H,17,18). The topological polar surface area (TPSA) is 55.1 Å². The lowest BCUT2D eigenvalue weighted by atomic mass is 10.1. The van der Waals surface area contributed by atoms with E-state index in [4.69, 9.17) is 5.11 Å². The molecule has 0 bridgehead atoms. The van der Waals surface area contributed by atoms with Crippen molar-refractivity contribution in [2.45, 2.75) is 26.8 Å². The van der Waals surface area contributed by atoms with Crippen LogP contribution in [0.5, 0.6) is 0 Å². The second-order valence-corrected chi connectivity index (χ2v) is 4.46. The summed E-state index contributed by atoms with van der Waals surface area (Å²) in [6.07, 6.45) is 1.71. The molecule has 0 fully saturated rings. The third-order valence-corrected chi connectivity index (χ3v) is 2.95. The highest BCUT2D eigenvalue weighted by atomic mass is 16.4. The number of carboxylic acids is 1. The van der Waals surface area contributed by atoms with E-state index in [2.05, 4.69) is 29.2 Å². The maximum absolute atomic E-state index is 10.8. The van der Waals surface area contributed by atoms with Crippen molar-refractivity contribution in [3.63, 3.8) is 0 Å². The molecule has 2 rings (SSSR count). The van der Waals surface area contributed by atoms with Crippen LogP contribution in [0.15, 0.2) is 30.6 Å². The van der Waals surface area contributed by atoms with Crippen LogP contribution in [0.25, 0.3) is 0 Å². The number of rotatable bonds is 4. The number of hydrogen-bond acceptors (Lipinski definition) is 2. The van der Waals surface area contributed by atoms with E-state index in [1.54, 1.807) is 6.33 Å². The fraction of sp³-hybridized carbons (Fsp3) is 0.286. The largest absolute Gasteiger partial charge is 0.481 e. The molecule has 0 aliphatic rings. The van der Waals surface area contributed by atoms with E-state index < -0.39 is 5.97 Å². The lowest BCUT2D eigenvalue weighted by molar-refractivity contribution is -0.136. The molecule has 1 N–H and O–H groups in total. The molecular weight excluding hydrogens is 228 g/mol. The molecule has 94 valence electrons. The quantitative estimate of drug-likeness (QED) is 0.896. The van der Waals surface area contributed by atoms with E-state index in [1.165, 1.54) is 5.56 Å². The van der Waals surface area contributed by atoms with E-state index in [9.17, 15) is 4.79 Å². The van der Waals surface area contributed by atoms with Gasteiger partial charge in [0.25, 0.3) is 0 Å². The molecule has 1 heterocycles. The Morgan fingerprint density at radius 2 is 1.94 bits per heavy atom. The zero-order chi connectivity index (χ0) is 13.1. The summed E-state index contributed by atoms with van der Waals surface area (Å²) >= 11 is 0. The molecule has 0 unspecified atom stereocenters. The number of carbonyl (C=O) groups is 1.